The Kier molecular flexibility index (Phi) is 18.3. The topological polar surface area (TPSA) is 105 Å². The first-order valence-electron chi connectivity index (χ1n) is 11.6. The Hall–Kier alpha value is -2.60. The Labute approximate surface area is 213 Å². The van der Waals surface area contributed by atoms with Gasteiger partial charge in [-0.3, -0.25) is 10.1 Å². The molecule has 1 aromatic carbocycles. The van der Waals surface area contributed by atoms with Crippen molar-refractivity contribution in [1.29, 1.82) is 0 Å². The summed E-state index contributed by atoms with van der Waals surface area (Å²) in [5.41, 5.74) is 8.82. The lowest BCUT2D eigenvalue weighted by Gasteiger charge is -2.17. The van der Waals surface area contributed by atoms with Crippen molar-refractivity contribution in [2.45, 2.75) is 64.2 Å². The van der Waals surface area contributed by atoms with E-state index in [1.807, 2.05) is 58.0 Å². The van der Waals surface area contributed by atoms with Gasteiger partial charge in [0, 0.05) is 36.0 Å². The molecule has 0 spiro atoms. The smallest absolute Gasteiger partial charge is 0.296 e. The molecule has 0 bridgehead atoms. The largest absolute Gasteiger partial charge is 0.424 e. The van der Waals surface area contributed by atoms with Gasteiger partial charge in [0.15, 0.2) is 5.58 Å². The molecule has 0 radical (unpaired) electrons. The van der Waals surface area contributed by atoms with Crippen LogP contribution in [0.15, 0.2) is 53.1 Å². The molecule has 0 amide bonds. The normalized spacial score (nSPS) is 12.2. The van der Waals surface area contributed by atoms with Gasteiger partial charge >= 0.3 is 0 Å². The zero-order valence-corrected chi connectivity index (χ0v) is 22.5. The molecular formula is C26H40BrN5O2. The summed E-state index contributed by atoms with van der Waals surface area (Å²) < 4.78 is 5.58. The summed E-state index contributed by atoms with van der Waals surface area (Å²) in [6.07, 6.45) is 10.9. The summed E-state index contributed by atoms with van der Waals surface area (Å²) in [7, 11) is 0. The van der Waals surface area contributed by atoms with E-state index in [9.17, 15) is 4.79 Å². The molecule has 1 aromatic heterocycles. The minimum Gasteiger partial charge on any atom is -0.424 e. The number of unbranched alkanes of at least 4 members (excludes halogenated alkanes) is 1. The highest BCUT2D eigenvalue weighted by atomic mass is 79.9. The van der Waals surface area contributed by atoms with Crippen LogP contribution in [0.25, 0.3) is 11.1 Å². The number of terminal acetylenes is 1. The molecule has 2 atom stereocenters. The second-order valence-electron chi connectivity index (χ2n) is 7.04. The summed E-state index contributed by atoms with van der Waals surface area (Å²) in [6, 6.07) is 10.1. The molecule has 0 fully saturated rings. The molecule has 0 aliphatic heterocycles. The number of carbonyl (C=O) groups excluding carboxylic acids is 1. The van der Waals surface area contributed by atoms with Crippen LogP contribution in [0.5, 0.6) is 0 Å². The predicted molar refractivity (Wildman–Crippen MR) is 148 cm³/mol. The van der Waals surface area contributed by atoms with Crippen LogP contribution in [0.2, 0.25) is 0 Å². The van der Waals surface area contributed by atoms with E-state index in [0.717, 1.165) is 36.1 Å². The lowest BCUT2D eigenvalue weighted by atomic mass is 9.98. The fraction of sp³-hybridized carbons (Fsp3) is 0.462. The van der Waals surface area contributed by atoms with Crippen molar-refractivity contribution in [2.75, 3.05) is 18.5 Å². The average Bonchev–Trinajstić information content (AvgIpc) is 3.24. The van der Waals surface area contributed by atoms with Gasteiger partial charge in [-0.25, -0.2) is 0 Å². The highest BCUT2D eigenvalue weighted by molar-refractivity contribution is 9.09. The summed E-state index contributed by atoms with van der Waals surface area (Å²) in [5.74, 6) is 0.222. The first-order chi connectivity index (χ1) is 16.4. The van der Waals surface area contributed by atoms with Crippen LogP contribution in [-0.2, 0) is 4.79 Å². The van der Waals surface area contributed by atoms with Gasteiger partial charge in [0.2, 0.25) is 0 Å². The van der Waals surface area contributed by atoms with Gasteiger partial charge in [-0.15, -0.1) is 0 Å². The van der Waals surface area contributed by atoms with Crippen molar-refractivity contribution in [3.8, 4) is 12.5 Å². The van der Waals surface area contributed by atoms with Crippen molar-refractivity contribution >= 4 is 38.8 Å². The van der Waals surface area contributed by atoms with Crippen molar-refractivity contribution in [3.63, 3.8) is 0 Å². The van der Waals surface area contributed by atoms with Crippen LogP contribution in [0.4, 0.5) is 6.01 Å². The number of fused-ring (bicyclic) bond motifs is 1. The van der Waals surface area contributed by atoms with Crippen LogP contribution in [-0.4, -0.2) is 34.8 Å². The van der Waals surface area contributed by atoms with E-state index in [2.05, 4.69) is 49.5 Å². The Morgan fingerprint density at radius 2 is 2.06 bits per heavy atom. The molecule has 0 aliphatic rings. The van der Waals surface area contributed by atoms with E-state index >= 15 is 0 Å². The molecule has 1 heterocycles. The molecule has 2 unspecified atom stereocenters. The molecule has 2 rings (SSSR count). The second kappa shape index (κ2) is 19.8. The first kappa shape index (κ1) is 31.4. The number of hydrogen-bond donors (Lipinski definition) is 4. The summed E-state index contributed by atoms with van der Waals surface area (Å²) >= 11 is 3.52. The number of alkyl halides is 1. The number of oxazole rings is 1. The number of halogens is 1. The van der Waals surface area contributed by atoms with Gasteiger partial charge in [-0.05, 0) is 50.9 Å². The zero-order chi connectivity index (χ0) is 25.8. The number of benzene rings is 1. The number of hydrogen-bond acceptors (Lipinski definition) is 7. The number of nitrogens with two attached hydrogens (primary N) is 1. The van der Waals surface area contributed by atoms with Crippen molar-refractivity contribution in [2.24, 2.45) is 5.73 Å². The predicted octanol–water partition coefficient (Wildman–Crippen LogP) is 5.31. The molecule has 0 saturated carbocycles. The number of ketones is 1. The number of anilines is 1. The highest BCUT2D eigenvalue weighted by Crippen LogP contribution is 2.18. The molecule has 7 nitrogen and oxygen atoms in total. The number of aromatic nitrogens is 1. The minimum absolute atomic E-state index is 0.197. The third-order valence-electron chi connectivity index (χ3n) is 4.57. The number of carbonyl (C=O) groups is 1. The number of allylic oxidation sites excluding steroid dienone is 1. The van der Waals surface area contributed by atoms with Crippen LogP contribution in [0.1, 0.15) is 53.4 Å². The standard InChI is InChI=1S/C20H29BrN4O2.C4H5N.C2H6/c1-3-16(14(2)21)17(22)12-15(26)8-6-7-11-23-13-24-20-25-18-9-4-5-10-19(18)27-20;1-3-5-4-2;1-2/h3-5,9-10,14,17,23H,6-8,11-13,22H2,1-2H3,(H,24,25);1,4-5H,2H2;1-2H3/b16-3+;;. The van der Waals surface area contributed by atoms with Crippen LogP contribution in [0.3, 0.4) is 0 Å². The van der Waals surface area contributed by atoms with Crippen molar-refractivity contribution in [3.05, 3.63) is 48.7 Å². The number of para-hydroxylation sites is 2. The Balaban J connectivity index is 0.00000138. The van der Waals surface area contributed by atoms with E-state index in [0.29, 0.717) is 25.5 Å². The summed E-state index contributed by atoms with van der Waals surface area (Å²) in [6.45, 7) is 12.7. The number of Topliss-reactive ketones (excluding diaryl/α,β-unsaturated/α-hetero) is 1. The van der Waals surface area contributed by atoms with Crippen molar-refractivity contribution < 1.29 is 9.21 Å². The van der Waals surface area contributed by atoms with E-state index < -0.39 is 0 Å². The maximum Gasteiger partial charge on any atom is 0.296 e. The van der Waals surface area contributed by atoms with Gasteiger partial charge in [0.05, 0.1) is 6.67 Å². The zero-order valence-electron chi connectivity index (χ0n) is 20.9. The molecular weight excluding hydrogens is 494 g/mol. The Bertz CT molecular complexity index is 869. The molecule has 34 heavy (non-hydrogen) atoms. The molecule has 8 heteroatoms. The van der Waals surface area contributed by atoms with Crippen molar-refractivity contribution in [1.82, 2.24) is 15.6 Å². The van der Waals surface area contributed by atoms with Crippen LogP contribution in [0, 0.1) is 12.5 Å². The summed E-state index contributed by atoms with van der Waals surface area (Å²) in [4.78, 5) is 16.6. The fourth-order valence-corrected chi connectivity index (χ4v) is 3.61. The maximum absolute atomic E-state index is 12.1. The molecule has 5 N–H and O–H groups in total. The Morgan fingerprint density at radius 1 is 1.35 bits per heavy atom. The van der Waals surface area contributed by atoms with E-state index in [4.69, 9.17) is 16.6 Å². The first-order valence-corrected chi connectivity index (χ1v) is 12.5. The van der Waals surface area contributed by atoms with Gasteiger partial charge in [-0.2, -0.15) is 4.98 Å². The molecule has 0 saturated heterocycles. The molecule has 2 aromatic rings. The molecule has 188 valence electrons. The fourth-order valence-electron chi connectivity index (χ4n) is 3.01. The van der Waals surface area contributed by atoms with E-state index in [1.54, 1.807) is 0 Å². The van der Waals surface area contributed by atoms with E-state index in [-0.39, 0.29) is 16.7 Å². The quantitative estimate of drug-likeness (QED) is 0.0690. The third kappa shape index (κ3) is 13.2. The SMILES string of the molecule is C#CNC=C.C/C=C(\C(C)Br)C(N)CC(=O)CCCCNCNc1nc2ccccc2o1.CC. The monoisotopic (exact) mass is 533 g/mol. The number of nitrogens with one attached hydrogen (secondary N) is 3. The highest BCUT2D eigenvalue weighted by Gasteiger charge is 2.16. The van der Waals surface area contributed by atoms with Gasteiger partial charge in [0.1, 0.15) is 11.3 Å². The van der Waals surface area contributed by atoms with Crippen LogP contribution < -0.4 is 21.7 Å². The Morgan fingerprint density at radius 3 is 2.62 bits per heavy atom. The number of nitrogens with zero attached hydrogens (tertiary/aromatic N) is 1. The summed E-state index contributed by atoms with van der Waals surface area (Å²) in [5, 5.41) is 8.78. The second-order valence-corrected chi connectivity index (χ2v) is 8.42. The number of rotatable bonds is 13. The average molecular weight is 535 g/mol. The maximum atomic E-state index is 12.1. The van der Waals surface area contributed by atoms with Gasteiger partial charge < -0.3 is 20.8 Å². The minimum atomic E-state index is -0.199. The van der Waals surface area contributed by atoms with Crippen LogP contribution >= 0.6 is 15.9 Å². The lowest BCUT2D eigenvalue weighted by Crippen LogP contribution is -2.29. The lowest BCUT2D eigenvalue weighted by molar-refractivity contribution is -0.119. The van der Waals surface area contributed by atoms with E-state index in [1.165, 1.54) is 6.20 Å². The third-order valence-corrected chi connectivity index (χ3v) is 5.10. The molecule has 0 aliphatic carbocycles. The van der Waals surface area contributed by atoms with Gasteiger partial charge in [0.25, 0.3) is 6.01 Å². The van der Waals surface area contributed by atoms with Gasteiger partial charge in [-0.1, -0.05) is 61.0 Å².